The van der Waals surface area contributed by atoms with Crippen LogP contribution in [0.5, 0.6) is 0 Å². The molecule has 0 unspecified atom stereocenters. The van der Waals surface area contributed by atoms with Crippen molar-refractivity contribution in [3.05, 3.63) is 102 Å². The van der Waals surface area contributed by atoms with E-state index in [1.54, 1.807) is 12.1 Å². The molecule has 1 saturated heterocycles. The van der Waals surface area contributed by atoms with Gasteiger partial charge < -0.3 is 10.2 Å². The maximum atomic E-state index is 14.2. The molecule has 4 atom stereocenters. The Kier molecular flexibility index (Phi) is 4.40. The second-order valence-corrected chi connectivity index (χ2v) is 9.35. The van der Waals surface area contributed by atoms with Gasteiger partial charge in [-0.05, 0) is 37.1 Å². The van der Waals surface area contributed by atoms with Crippen LogP contribution in [0.15, 0.2) is 84.9 Å². The molecule has 5 nitrogen and oxygen atoms in total. The van der Waals surface area contributed by atoms with Gasteiger partial charge in [0.25, 0.3) is 0 Å². The van der Waals surface area contributed by atoms with Gasteiger partial charge >= 0.3 is 0 Å². The molecule has 1 N–H and O–H groups in total. The zero-order valence-electron chi connectivity index (χ0n) is 19.0. The number of rotatable bonds is 3. The van der Waals surface area contributed by atoms with Crippen LogP contribution >= 0.6 is 0 Å². The number of hydrogen-bond donors (Lipinski definition) is 1. The molecular formula is C29H24N2O3. The number of anilines is 2. The topological polar surface area (TPSA) is 66.5 Å². The molecule has 1 fully saturated rings. The van der Waals surface area contributed by atoms with Gasteiger partial charge in [0.05, 0.1) is 18.0 Å². The fraction of sp³-hybridized carbons (Fsp3) is 0.207. The Morgan fingerprint density at radius 3 is 2.35 bits per heavy atom. The zero-order chi connectivity index (χ0) is 23.6. The van der Waals surface area contributed by atoms with Gasteiger partial charge in [-0.3, -0.25) is 14.4 Å². The molecule has 0 aromatic heterocycles. The summed E-state index contributed by atoms with van der Waals surface area (Å²) in [5, 5.41) is 3.04. The smallest absolute Gasteiger partial charge is 0.238 e. The normalized spacial score (nSPS) is 26.4. The van der Waals surface area contributed by atoms with Gasteiger partial charge in [0, 0.05) is 22.5 Å². The minimum atomic E-state index is -1.23. The Bertz CT molecular complexity index is 1390. The molecule has 3 aliphatic rings. The standard InChI is InChI=1S/C29H24N2O3/c1-17-16-24-29(21-13-7-8-14-22(21)30-28(29)34)25(27(33)19-10-4-3-5-11-19)26(18(2)32)31(24)23-15-9-6-12-20(17)23/h3-16,24-26H,1-2H3,(H,30,34)/t24-,25+,26+,29-/m0/s1. The third kappa shape index (κ3) is 2.52. The van der Waals surface area contributed by atoms with E-state index in [0.29, 0.717) is 11.3 Å². The lowest BCUT2D eigenvalue weighted by Gasteiger charge is -2.39. The monoisotopic (exact) mass is 448 g/mol. The highest BCUT2D eigenvalue weighted by Gasteiger charge is 2.70. The molecular weight excluding hydrogens is 424 g/mol. The summed E-state index contributed by atoms with van der Waals surface area (Å²) in [5.41, 5.74) is 3.68. The van der Waals surface area contributed by atoms with E-state index >= 15 is 0 Å². The Balaban J connectivity index is 1.69. The lowest BCUT2D eigenvalue weighted by molar-refractivity contribution is -0.122. The predicted molar refractivity (Wildman–Crippen MR) is 132 cm³/mol. The van der Waals surface area contributed by atoms with Crippen LogP contribution in [-0.4, -0.2) is 29.6 Å². The number of amides is 1. The van der Waals surface area contributed by atoms with Crippen molar-refractivity contribution in [1.82, 2.24) is 0 Å². The number of para-hydroxylation sites is 2. The summed E-state index contributed by atoms with van der Waals surface area (Å²) in [7, 11) is 0. The van der Waals surface area contributed by atoms with Crippen molar-refractivity contribution >= 4 is 34.4 Å². The summed E-state index contributed by atoms with van der Waals surface area (Å²) in [6.07, 6.45) is 2.07. The van der Waals surface area contributed by atoms with E-state index in [2.05, 4.69) is 11.4 Å². The van der Waals surface area contributed by atoms with Crippen molar-refractivity contribution in [2.45, 2.75) is 31.3 Å². The highest BCUT2D eigenvalue weighted by atomic mass is 16.2. The largest absolute Gasteiger partial charge is 0.352 e. The van der Waals surface area contributed by atoms with Gasteiger partial charge in [-0.2, -0.15) is 0 Å². The number of ketones is 2. The molecule has 3 heterocycles. The number of nitrogens with one attached hydrogen (secondary N) is 1. The van der Waals surface area contributed by atoms with Crippen LogP contribution in [0.1, 0.15) is 35.3 Å². The number of fused-ring (bicyclic) bond motifs is 6. The first-order valence-electron chi connectivity index (χ1n) is 11.5. The Morgan fingerprint density at radius 2 is 1.59 bits per heavy atom. The van der Waals surface area contributed by atoms with Crippen LogP contribution in [0.2, 0.25) is 0 Å². The van der Waals surface area contributed by atoms with E-state index < -0.39 is 23.4 Å². The van der Waals surface area contributed by atoms with E-state index in [4.69, 9.17) is 0 Å². The van der Waals surface area contributed by atoms with E-state index in [1.165, 1.54) is 6.92 Å². The molecule has 0 saturated carbocycles. The second kappa shape index (κ2) is 7.26. The average molecular weight is 449 g/mol. The summed E-state index contributed by atoms with van der Waals surface area (Å²) in [5.74, 6) is -1.43. The number of Topliss-reactive ketones (excluding diaryl/α,β-unsaturated/α-hetero) is 2. The Labute approximate surface area is 198 Å². The Morgan fingerprint density at radius 1 is 0.912 bits per heavy atom. The summed E-state index contributed by atoms with van der Waals surface area (Å²) in [4.78, 5) is 43.6. The highest BCUT2D eigenvalue weighted by molar-refractivity contribution is 6.16. The van der Waals surface area contributed by atoms with Crippen LogP contribution in [0, 0.1) is 5.92 Å². The number of hydrogen-bond acceptors (Lipinski definition) is 4. The quantitative estimate of drug-likeness (QED) is 0.593. The maximum Gasteiger partial charge on any atom is 0.238 e. The first-order valence-corrected chi connectivity index (χ1v) is 11.5. The zero-order valence-corrected chi connectivity index (χ0v) is 19.0. The average Bonchev–Trinajstić information content (AvgIpc) is 3.32. The first kappa shape index (κ1) is 20.6. The summed E-state index contributed by atoms with van der Waals surface area (Å²) in [6.45, 7) is 3.55. The van der Waals surface area contributed by atoms with Gasteiger partial charge in [0.2, 0.25) is 5.91 Å². The van der Waals surface area contributed by atoms with Crippen molar-refractivity contribution in [2.75, 3.05) is 10.2 Å². The molecule has 6 rings (SSSR count). The van der Waals surface area contributed by atoms with E-state index in [-0.39, 0.29) is 17.5 Å². The minimum Gasteiger partial charge on any atom is -0.352 e. The van der Waals surface area contributed by atoms with Crippen molar-refractivity contribution in [1.29, 1.82) is 0 Å². The number of benzene rings is 3. The lowest BCUT2D eigenvalue weighted by Crippen LogP contribution is -2.51. The summed E-state index contributed by atoms with van der Waals surface area (Å²) < 4.78 is 0. The molecule has 3 aliphatic heterocycles. The van der Waals surface area contributed by atoms with Crippen LogP contribution in [-0.2, 0) is 15.0 Å². The number of carbonyl (C=O) groups excluding carboxylic acids is 3. The van der Waals surface area contributed by atoms with Gasteiger partial charge in [0.1, 0.15) is 5.41 Å². The third-order valence-corrected chi connectivity index (χ3v) is 7.64. The van der Waals surface area contributed by atoms with Gasteiger partial charge in [0.15, 0.2) is 11.6 Å². The minimum absolute atomic E-state index is 0.129. The van der Waals surface area contributed by atoms with Crippen LogP contribution in [0.4, 0.5) is 11.4 Å². The molecule has 168 valence electrons. The highest BCUT2D eigenvalue weighted by Crippen LogP contribution is 2.58. The van der Waals surface area contributed by atoms with E-state index in [1.807, 2.05) is 78.6 Å². The van der Waals surface area contributed by atoms with Crippen molar-refractivity contribution in [2.24, 2.45) is 5.92 Å². The van der Waals surface area contributed by atoms with E-state index in [0.717, 1.165) is 22.4 Å². The number of allylic oxidation sites excluding steroid dienone is 1. The van der Waals surface area contributed by atoms with Crippen LogP contribution in [0.3, 0.4) is 0 Å². The molecule has 3 aromatic rings. The molecule has 0 bridgehead atoms. The van der Waals surface area contributed by atoms with E-state index in [9.17, 15) is 14.4 Å². The molecule has 0 radical (unpaired) electrons. The second-order valence-electron chi connectivity index (χ2n) is 9.35. The summed E-state index contributed by atoms with van der Waals surface area (Å²) in [6, 6.07) is 23.2. The van der Waals surface area contributed by atoms with Crippen LogP contribution < -0.4 is 10.2 Å². The van der Waals surface area contributed by atoms with Gasteiger partial charge in [-0.15, -0.1) is 0 Å². The van der Waals surface area contributed by atoms with Crippen molar-refractivity contribution in [3.63, 3.8) is 0 Å². The molecule has 34 heavy (non-hydrogen) atoms. The molecule has 3 aromatic carbocycles. The first-order chi connectivity index (χ1) is 16.5. The lowest BCUT2D eigenvalue weighted by atomic mass is 9.64. The SMILES string of the molecule is CC(=O)[C@@H]1[C@H](C(=O)c2ccccc2)[C@@]2(C(=O)Nc3ccccc32)[C@@H]2C=C(C)c3ccccc3N12. The third-order valence-electron chi connectivity index (χ3n) is 7.64. The van der Waals surface area contributed by atoms with Gasteiger partial charge in [-0.25, -0.2) is 0 Å². The predicted octanol–water partition coefficient (Wildman–Crippen LogP) is 4.64. The maximum absolute atomic E-state index is 14.2. The fourth-order valence-corrected chi connectivity index (χ4v) is 6.32. The summed E-state index contributed by atoms with van der Waals surface area (Å²) >= 11 is 0. The molecule has 1 amide bonds. The number of carbonyl (C=O) groups is 3. The molecule has 5 heteroatoms. The fourth-order valence-electron chi connectivity index (χ4n) is 6.32. The van der Waals surface area contributed by atoms with Crippen molar-refractivity contribution < 1.29 is 14.4 Å². The van der Waals surface area contributed by atoms with Gasteiger partial charge in [-0.1, -0.05) is 72.8 Å². The molecule has 1 spiro atoms. The number of nitrogens with zero attached hydrogens (tertiary/aromatic N) is 1. The van der Waals surface area contributed by atoms with Crippen molar-refractivity contribution in [3.8, 4) is 0 Å². The molecule has 0 aliphatic carbocycles. The Hall–Kier alpha value is -3.99. The van der Waals surface area contributed by atoms with Crippen LogP contribution in [0.25, 0.3) is 5.57 Å².